The van der Waals surface area contributed by atoms with Crippen LogP contribution in [0.5, 0.6) is 0 Å². The molecule has 0 amide bonds. The first-order valence-electron chi connectivity index (χ1n) is 4.93. The third-order valence-corrected chi connectivity index (χ3v) is 3.10. The zero-order valence-electron chi connectivity index (χ0n) is 7.77. The molecule has 2 aliphatic rings. The van der Waals surface area contributed by atoms with Crippen molar-refractivity contribution in [2.75, 3.05) is 19.6 Å². The standard InChI is InChI=1S/C10H19N/c1-9(2)7-11-6-5-10(8-11)3-4-10/h9H,3-8H2,1-2H3. The van der Waals surface area contributed by atoms with Crippen molar-refractivity contribution >= 4 is 0 Å². The van der Waals surface area contributed by atoms with Crippen molar-refractivity contribution in [2.45, 2.75) is 33.1 Å². The Hall–Kier alpha value is -0.0400. The molecular formula is C10H19N. The molecule has 0 aromatic heterocycles. The second-order valence-corrected chi connectivity index (χ2v) is 4.88. The van der Waals surface area contributed by atoms with Gasteiger partial charge < -0.3 is 4.90 Å². The van der Waals surface area contributed by atoms with E-state index in [2.05, 4.69) is 18.7 Å². The van der Waals surface area contributed by atoms with Crippen LogP contribution in [0.15, 0.2) is 0 Å². The van der Waals surface area contributed by atoms with E-state index in [4.69, 9.17) is 0 Å². The van der Waals surface area contributed by atoms with E-state index in [1.807, 2.05) is 0 Å². The highest BCUT2D eigenvalue weighted by atomic mass is 15.2. The third-order valence-electron chi connectivity index (χ3n) is 3.10. The van der Waals surface area contributed by atoms with E-state index < -0.39 is 0 Å². The Bertz CT molecular complexity index is 147. The van der Waals surface area contributed by atoms with E-state index in [0.717, 1.165) is 11.3 Å². The average Bonchev–Trinajstić information content (AvgIpc) is 2.51. The van der Waals surface area contributed by atoms with Gasteiger partial charge in [-0.3, -0.25) is 0 Å². The Morgan fingerprint density at radius 1 is 1.27 bits per heavy atom. The van der Waals surface area contributed by atoms with Crippen LogP contribution < -0.4 is 0 Å². The van der Waals surface area contributed by atoms with Crippen LogP contribution in [0.25, 0.3) is 0 Å². The molecule has 0 atom stereocenters. The number of rotatable bonds is 2. The highest BCUT2D eigenvalue weighted by molar-refractivity contribution is 5.00. The number of nitrogens with zero attached hydrogens (tertiary/aromatic N) is 1. The van der Waals surface area contributed by atoms with Crippen molar-refractivity contribution in [3.05, 3.63) is 0 Å². The first kappa shape index (κ1) is 7.60. The van der Waals surface area contributed by atoms with Gasteiger partial charge in [-0.15, -0.1) is 0 Å². The number of likely N-dealkylation sites (tertiary alicyclic amines) is 1. The van der Waals surface area contributed by atoms with Crippen LogP contribution in [0, 0.1) is 11.3 Å². The van der Waals surface area contributed by atoms with Crippen LogP contribution in [-0.4, -0.2) is 24.5 Å². The molecule has 1 aliphatic carbocycles. The summed E-state index contributed by atoms with van der Waals surface area (Å²) in [5.41, 5.74) is 0.828. The molecule has 0 N–H and O–H groups in total. The Balaban J connectivity index is 1.80. The third kappa shape index (κ3) is 1.58. The monoisotopic (exact) mass is 153 g/mol. The van der Waals surface area contributed by atoms with Crippen molar-refractivity contribution in [3.8, 4) is 0 Å². The van der Waals surface area contributed by atoms with Gasteiger partial charge in [-0.1, -0.05) is 13.8 Å². The Morgan fingerprint density at radius 3 is 2.45 bits per heavy atom. The Morgan fingerprint density at radius 2 is 2.00 bits per heavy atom. The molecule has 0 radical (unpaired) electrons. The lowest BCUT2D eigenvalue weighted by Crippen LogP contribution is -2.25. The molecule has 0 aromatic carbocycles. The molecule has 1 heterocycles. The molecule has 1 saturated carbocycles. The van der Waals surface area contributed by atoms with Crippen LogP contribution in [-0.2, 0) is 0 Å². The minimum absolute atomic E-state index is 0.828. The molecule has 0 aromatic rings. The maximum absolute atomic E-state index is 2.65. The molecule has 2 rings (SSSR count). The SMILES string of the molecule is CC(C)CN1CCC2(CC2)C1. The predicted molar refractivity (Wildman–Crippen MR) is 47.6 cm³/mol. The van der Waals surface area contributed by atoms with E-state index in [-0.39, 0.29) is 0 Å². The summed E-state index contributed by atoms with van der Waals surface area (Å²) >= 11 is 0. The largest absolute Gasteiger partial charge is 0.303 e. The lowest BCUT2D eigenvalue weighted by atomic mass is 10.1. The van der Waals surface area contributed by atoms with E-state index in [9.17, 15) is 0 Å². The van der Waals surface area contributed by atoms with Gasteiger partial charge in [0, 0.05) is 13.1 Å². The molecule has 2 fully saturated rings. The zero-order valence-corrected chi connectivity index (χ0v) is 7.77. The molecule has 11 heavy (non-hydrogen) atoms. The van der Waals surface area contributed by atoms with Crippen molar-refractivity contribution in [2.24, 2.45) is 11.3 Å². The van der Waals surface area contributed by atoms with Crippen molar-refractivity contribution in [3.63, 3.8) is 0 Å². The summed E-state index contributed by atoms with van der Waals surface area (Å²) in [5.74, 6) is 0.851. The lowest BCUT2D eigenvalue weighted by Gasteiger charge is -2.17. The van der Waals surface area contributed by atoms with Gasteiger partial charge in [0.15, 0.2) is 0 Å². The van der Waals surface area contributed by atoms with Gasteiger partial charge in [0.25, 0.3) is 0 Å². The summed E-state index contributed by atoms with van der Waals surface area (Å²) in [5, 5.41) is 0. The number of hydrogen-bond donors (Lipinski definition) is 0. The first-order valence-corrected chi connectivity index (χ1v) is 4.93. The molecule has 0 bridgehead atoms. The topological polar surface area (TPSA) is 3.24 Å². The highest BCUT2D eigenvalue weighted by Crippen LogP contribution is 2.52. The Labute approximate surface area is 69.8 Å². The van der Waals surface area contributed by atoms with Crippen molar-refractivity contribution < 1.29 is 0 Å². The molecule has 1 heteroatoms. The van der Waals surface area contributed by atoms with Gasteiger partial charge in [-0.05, 0) is 37.1 Å². The van der Waals surface area contributed by atoms with Crippen LogP contribution in [0.4, 0.5) is 0 Å². The maximum Gasteiger partial charge on any atom is 0.00386 e. The number of hydrogen-bond acceptors (Lipinski definition) is 1. The summed E-state index contributed by atoms with van der Waals surface area (Å²) in [7, 11) is 0. The summed E-state index contributed by atoms with van der Waals surface area (Å²) in [6, 6.07) is 0. The summed E-state index contributed by atoms with van der Waals surface area (Å²) in [6.07, 6.45) is 4.52. The summed E-state index contributed by atoms with van der Waals surface area (Å²) in [6.45, 7) is 8.74. The molecule has 1 spiro atoms. The van der Waals surface area contributed by atoms with E-state index in [1.165, 1.54) is 38.9 Å². The summed E-state index contributed by atoms with van der Waals surface area (Å²) in [4.78, 5) is 2.65. The predicted octanol–water partition coefficient (Wildman–Crippen LogP) is 2.13. The average molecular weight is 153 g/mol. The smallest absolute Gasteiger partial charge is 0.00386 e. The molecule has 64 valence electrons. The maximum atomic E-state index is 2.65. The van der Waals surface area contributed by atoms with Crippen molar-refractivity contribution in [1.82, 2.24) is 4.90 Å². The van der Waals surface area contributed by atoms with Gasteiger partial charge in [0.05, 0.1) is 0 Å². The fraction of sp³-hybridized carbons (Fsp3) is 1.00. The zero-order chi connectivity index (χ0) is 7.90. The van der Waals surface area contributed by atoms with Gasteiger partial charge >= 0.3 is 0 Å². The van der Waals surface area contributed by atoms with Crippen LogP contribution in [0.1, 0.15) is 33.1 Å². The van der Waals surface area contributed by atoms with Gasteiger partial charge in [0.1, 0.15) is 0 Å². The quantitative estimate of drug-likeness (QED) is 0.587. The van der Waals surface area contributed by atoms with Crippen LogP contribution in [0.3, 0.4) is 0 Å². The van der Waals surface area contributed by atoms with E-state index in [1.54, 1.807) is 0 Å². The van der Waals surface area contributed by atoms with Crippen molar-refractivity contribution in [1.29, 1.82) is 0 Å². The van der Waals surface area contributed by atoms with Gasteiger partial charge in [-0.2, -0.15) is 0 Å². The first-order chi connectivity index (χ1) is 5.20. The minimum Gasteiger partial charge on any atom is -0.303 e. The second-order valence-electron chi connectivity index (χ2n) is 4.88. The van der Waals surface area contributed by atoms with Gasteiger partial charge in [0.2, 0.25) is 0 Å². The molecule has 1 nitrogen and oxygen atoms in total. The van der Waals surface area contributed by atoms with Crippen LogP contribution in [0.2, 0.25) is 0 Å². The molecule has 1 saturated heterocycles. The lowest BCUT2D eigenvalue weighted by molar-refractivity contribution is 0.284. The van der Waals surface area contributed by atoms with E-state index >= 15 is 0 Å². The summed E-state index contributed by atoms with van der Waals surface area (Å²) < 4.78 is 0. The van der Waals surface area contributed by atoms with Crippen LogP contribution >= 0.6 is 0 Å². The molecule has 0 unspecified atom stereocenters. The minimum atomic E-state index is 0.828. The second kappa shape index (κ2) is 2.48. The highest BCUT2D eigenvalue weighted by Gasteiger charge is 2.47. The normalized spacial score (nSPS) is 28.6. The fourth-order valence-electron chi connectivity index (χ4n) is 2.28. The fourth-order valence-corrected chi connectivity index (χ4v) is 2.28. The van der Waals surface area contributed by atoms with E-state index in [0.29, 0.717) is 0 Å². The van der Waals surface area contributed by atoms with Gasteiger partial charge in [-0.25, -0.2) is 0 Å². The molecular weight excluding hydrogens is 134 g/mol. The Kier molecular flexibility index (Phi) is 1.71. The molecule has 1 aliphatic heterocycles.